The van der Waals surface area contributed by atoms with Crippen LogP contribution in [0.4, 0.5) is 0 Å². The van der Waals surface area contributed by atoms with E-state index in [0.29, 0.717) is 0 Å². The van der Waals surface area contributed by atoms with Crippen molar-refractivity contribution in [3.8, 4) is 33.4 Å². The zero-order valence-corrected chi connectivity index (χ0v) is 23.4. The van der Waals surface area contributed by atoms with Crippen LogP contribution in [-0.4, -0.2) is 0 Å². The standard InChI is InChI=1S/C46H28O/c1-2-11-33-27-35(22-19-29(33)9-1)45-39-15-7-5-13-37(39)44(38-14-6-8-16-40(38)45)32-20-17-30(18-21-32)34-24-25-42-41(28-34)46-36-12-4-3-10-31(36)23-26-43(46)47-42/h1-28H/i1D,2D,3D,4D,5D,6D,7D,8D,9D,10D,11D,12D,13D,14D,15D,16D,17D,18D,19D,20D,21D,22D,23D,24D,25D,26D,27D,28D. The van der Waals surface area contributed by atoms with E-state index in [2.05, 4.69) is 0 Å². The maximum Gasteiger partial charge on any atom is 0.136 e. The van der Waals surface area contributed by atoms with Gasteiger partial charge in [0, 0.05) is 10.8 Å². The van der Waals surface area contributed by atoms with Gasteiger partial charge >= 0.3 is 0 Å². The van der Waals surface area contributed by atoms with E-state index in [4.69, 9.17) is 27.7 Å². The SMILES string of the molecule is [2H]c1c([2H])c(-c2c3c([2H])c([2H])c([2H])c([2H])c3c(-c3c([2H])c([2H])c4c([2H])c([2H])c([2H])c([2H])c4c3[2H])c3c([2H])c([2H])c([2H])c([2H])c23)c([2H])c([2H])c1-c1c([2H])c([2H])c2oc3c([2H])c([2H])c4c([2H])c([2H])c([2H])c([2H])c4c3c2c1[2H]. The van der Waals surface area contributed by atoms with E-state index >= 15 is 0 Å². The van der Waals surface area contributed by atoms with Crippen LogP contribution in [0, 0.1) is 0 Å². The van der Waals surface area contributed by atoms with Crippen molar-refractivity contribution < 1.29 is 42.8 Å². The fourth-order valence-electron chi connectivity index (χ4n) is 5.67. The van der Waals surface area contributed by atoms with Crippen molar-refractivity contribution in [2.75, 3.05) is 0 Å². The monoisotopic (exact) mass is 624 g/mol. The first-order valence-electron chi connectivity index (χ1n) is 27.9. The van der Waals surface area contributed by atoms with E-state index in [0.717, 1.165) is 0 Å². The molecule has 47 heavy (non-hydrogen) atoms. The first kappa shape index (κ1) is 10.7. The lowest BCUT2D eigenvalue weighted by atomic mass is 9.85. The van der Waals surface area contributed by atoms with E-state index < -0.39 is 262 Å². The minimum atomic E-state index is -1.10. The molecule has 1 nitrogen and oxygen atoms in total. The molecule has 0 aliphatic carbocycles. The second-order valence-electron chi connectivity index (χ2n) is 10.3. The molecule has 9 aromatic carbocycles. The Morgan fingerprint density at radius 2 is 0.809 bits per heavy atom. The predicted molar refractivity (Wildman–Crippen MR) is 200 cm³/mol. The zero-order valence-electron chi connectivity index (χ0n) is 51.4. The van der Waals surface area contributed by atoms with Crippen LogP contribution in [0.15, 0.2) is 174 Å². The number of benzene rings is 9. The summed E-state index contributed by atoms with van der Waals surface area (Å²) in [5.74, 6) is 0. The van der Waals surface area contributed by atoms with Gasteiger partial charge in [-0.15, -0.1) is 0 Å². The van der Waals surface area contributed by atoms with Gasteiger partial charge in [-0.05, 0) is 101 Å². The fraction of sp³-hybridized carbons (Fsp3) is 0. The minimum absolute atomic E-state index is 0.364. The third-order valence-corrected chi connectivity index (χ3v) is 7.70. The van der Waals surface area contributed by atoms with Gasteiger partial charge in [0.1, 0.15) is 11.2 Å². The minimum Gasteiger partial charge on any atom is -0.456 e. The van der Waals surface area contributed by atoms with Gasteiger partial charge in [0.25, 0.3) is 0 Å². The summed E-state index contributed by atoms with van der Waals surface area (Å²) in [5.41, 5.74) is -5.81. The number of hydrogen-bond acceptors (Lipinski definition) is 1. The van der Waals surface area contributed by atoms with E-state index in [1.807, 2.05) is 0 Å². The number of rotatable bonds is 3. The van der Waals surface area contributed by atoms with E-state index in [9.17, 15) is 15.1 Å². The van der Waals surface area contributed by atoms with E-state index in [-0.39, 0.29) is 5.39 Å². The Bertz CT molecular complexity index is 4330. The van der Waals surface area contributed by atoms with Crippen molar-refractivity contribution in [1.82, 2.24) is 0 Å². The summed E-state index contributed by atoms with van der Waals surface area (Å²) in [6.07, 6.45) is 0. The van der Waals surface area contributed by atoms with E-state index in [1.165, 1.54) is 0 Å². The smallest absolute Gasteiger partial charge is 0.136 e. The van der Waals surface area contributed by atoms with Gasteiger partial charge < -0.3 is 4.42 Å². The lowest BCUT2D eigenvalue weighted by molar-refractivity contribution is 0.669. The van der Waals surface area contributed by atoms with Crippen LogP contribution < -0.4 is 0 Å². The van der Waals surface area contributed by atoms with Crippen LogP contribution in [0.5, 0.6) is 0 Å². The van der Waals surface area contributed by atoms with Gasteiger partial charge in [0.15, 0.2) is 0 Å². The second-order valence-corrected chi connectivity index (χ2v) is 10.3. The van der Waals surface area contributed by atoms with Crippen molar-refractivity contribution >= 4 is 65.0 Å². The summed E-state index contributed by atoms with van der Waals surface area (Å²) >= 11 is 0. The van der Waals surface area contributed by atoms with Gasteiger partial charge in [0.2, 0.25) is 0 Å². The summed E-state index contributed by atoms with van der Waals surface area (Å²) in [4.78, 5) is 0. The normalized spacial score (nSPS) is 20.2. The maximum atomic E-state index is 9.60. The van der Waals surface area contributed by atoms with Gasteiger partial charge in [0.05, 0.1) is 38.4 Å². The van der Waals surface area contributed by atoms with Crippen molar-refractivity contribution in [3.63, 3.8) is 0 Å². The highest BCUT2D eigenvalue weighted by Gasteiger charge is 2.17. The second kappa shape index (κ2) is 10.2. The predicted octanol–water partition coefficient (Wildman–Crippen LogP) is 13.2. The highest BCUT2D eigenvalue weighted by atomic mass is 16.3. The number of hydrogen-bond donors (Lipinski definition) is 0. The highest BCUT2D eigenvalue weighted by molar-refractivity contribution is 6.22. The Kier molecular flexibility index (Phi) is 2.31. The molecule has 0 aliphatic rings. The average molecular weight is 625 g/mol. The molecule has 1 heterocycles. The summed E-state index contributed by atoms with van der Waals surface area (Å²) in [5, 5.41) is -5.85. The first-order chi connectivity index (χ1) is 35.0. The first-order valence-corrected chi connectivity index (χ1v) is 13.9. The largest absolute Gasteiger partial charge is 0.456 e. The van der Waals surface area contributed by atoms with Crippen molar-refractivity contribution in [2.45, 2.75) is 0 Å². The molecule has 0 fully saturated rings. The number of furan rings is 1. The Balaban J connectivity index is 1.42. The molecule has 0 amide bonds. The Labute approximate surface area is 311 Å². The molecule has 218 valence electrons. The molecule has 0 aliphatic heterocycles. The van der Waals surface area contributed by atoms with Gasteiger partial charge in [-0.3, -0.25) is 0 Å². The molecule has 10 aromatic rings. The fourth-order valence-corrected chi connectivity index (χ4v) is 5.67. The van der Waals surface area contributed by atoms with Crippen molar-refractivity contribution in [3.05, 3.63) is 169 Å². The highest BCUT2D eigenvalue weighted by Crippen LogP contribution is 2.44. The maximum absolute atomic E-state index is 9.60. The molecule has 0 saturated heterocycles. The van der Waals surface area contributed by atoms with Crippen LogP contribution in [0.1, 0.15) is 38.4 Å². The average Bonchev–Trinajstić information content (AvgIpc) is 3.78. The molecule has 0 unspecified atom stereocenters. The van der Waals surface area contributed by atoms with Crippen LogP contribution in [0.2, 0.25) is 0 Å². The lowest BCUT2D eigenvalue weighted by Gasteiger charge is -2.18. The van der Waals surface area contributed by atoms with Crippen molar-refractivity contribution in [1.29, 1.82) is 0 Å². The van der Waals surface area contributed by atoms with Crippen LogP contribution >= 0.6 is 0 Å². The van der Waals surface area contributed by atoms with Crippen LogP contribution in [0.3, 0.4) is 0 Å². The molecule has 0 radical (unpaired) electrons. The number of fused-ring (bicyclic) bond motifs is 8. The molecule has 0 atom stereocenters. The molecule has 0 spiro atoms. The summed E-state index contributed by atoms with van der Waals surface area (Å²) in [6.45, 7) is 0. The molecular formula is C46H28O. The Morgan fingerprint density at radius 3 is 1.51 bits per heavy atom. The Hall–Kier alpha value is -6.18. The molecule has 1 aromatic heterocycles. The summed E-state index contributed by atoms with van der Waals surface area (Å²) in [7, 11) is 0. The van der Waals surface area contributed by atoms with Gasteiger partial charge in [-0.1, -0.05) is 145 Å². The molecular weight excluding hydrogens is 569 g/mol. The van der Waals surface area contributed by atoms with Gasteiger partial charge in [-0.25, -0.2) is 0 Å². The van der Waals surface area contributed by atoms with E-state index in [1.54, 1.807) is 0 Å². The zero-order chi connectivity index (χ0) is 55.3. The Morgan fingerprint density at radius 1 is 0.319 bits per heavy atom. The topological polar surface area (TPSA) is 13.1 Å². The van der Waals surface area contributed by atoms with Crippen LogP contribution in [0.25, 0.3) is 98.4 Å². The molecule has 0 N–H and O–H groups in total. The quantitative estimate of drug-likeness (QED) is 0.178. The molecule has 0 bridgehead atoms. The third-order valence-electron chi connectivity index (χ3n) is 7.70. The summed E-state index contributed by atoms with van der Waals surface area (Å²) < 4.78 is 257. The molecule has 0 saturated carbocycles. The third kappa shape index (κ3) is 4.03. The molecule has 10 rings (SSSR count). The van der Waals surface area contributed by atoms with Gasteiger partial charge in [-0.2, -0.15) is 0 Å². The van der Waals surface area contributed by atoms with Crippen molar-refractivity contribution in [2.24, 2.45) is 0 Å². The molecule has 1 heteroatoms. The summed E-state index contributed by atoms with van der Waals surface area (Å²) in [6, 6.07) is -25.4. The lowest BCUT2D eigenvalue weighted by Crippen LogP contribution is -1.91. The van der Waals surface area contributed by atoms with Crippen LogP contribution in [-0.2, 0) is 0 Å².